The van der Waals surface area contributed by atoms with E-state index < -0.39 is 0 Å². The summed E-state index contributed by atoms with van der Waals surface area (Å²) in [6.45, 7) is 0. The van der Waals surface area contributed by atoms with Gasteiger partial charge in [0.1, 0.15) is 5.51 Å². The molecule has 1 aromatic carbocycles. The normalized spacial score (nSPS) is 17.8. The summed E-state index contributed by atoms with van der Waals surface area (Å²) >= 11 is 2.91. The number of benzene rings is 1. The zero-order valence-corrected chi connectivity index (χ0v) is 13.3. The number of nitrogens with one attached hydrogen (secondary N) is 1. The Morgan fingerprint density at radius 2 is 2.29 bits per heavy atom. The van der Waals surface area contributed by atoms with Crippen molar-refractivity contribution < 1.29 is 4.79 Å². The van der Waals surface area contributed by atoms with Gasteiger partial charge in [0.2, 0.25) is 5.91 Å². The lowest BCUT2D eigenvalue weighted by Crippen LogP contribution is -2.30. The van der Waals surface area contributed by atoms with Gasteiger partial charge in [0.05, 0.1) is 11.8 Å². The summed E-state index contributed by atoms with van der Waals surface area (Å²) in [5, 5.41) is 10.9. The Hall–Kier alpha value is -1.40. The molecule has 0 aliphatic heterocycles. The lowest BCUT2D eigenvalue weighted by atomic mass is 9.99. The molecule has 21 heavy (non-hydrogen) atoms. The number of fused-ring (bicyclic) bond motifs is 1. The van der Waals surface area contributed by atoms with E-state index >= 15 is 0 Å². The number of aryl methyl sites for hydroxylation is 1. The van der Waals surface area contributed by atoms with Gasteiger partial charge in [0, 0.05) is 0 Å². The van der Waals surface area contributed by atoms with Crippen LogP contribution in [0.4, 0.5) is 0 Å². The number of hydrogen-bond donors (Lipinski definition) is 1. The van der Waals surface area contributed by atoms with E-state index in [1.807, 2.05) is 0 Å². The fraction of sp³-hybridized carbons (Fsp3) is 0.400. The molecule has 0 bridgehead atoms. The number of carbonyl (C=O) groups is 1. The van der Waals surface area contributed by atoms with Crippen LogP contribution < -0.4 is 5.32 Å². The van der Waals surface area contributed by atoms with Crippen molar-refractivity contribution >= 4 is 29.0 Å². The van der Waals surface area contributed by atoms with Gasteiger partial charge in [-0.3, -0.25) is 4.79 Å². The quantitative estimate of drug-likeness (QED) is 0.694. The molecule has 1 aromatic heterocycles. The predicted molar refractivity (Wildman–Crippen MR) is 85.5 cm³/mol. The van der Waals surface area contributed by atoms with E-state index in [1.54, 1.807) is 5.51 Å². The third-order valence-corrected chi connectivity index (χ3v) is 5.48. The van der Waals surface area contributed by atoms with Crippen molar-refractivity contribution in [3.05, 3.63) is 40.9 Å². The molecule has 6 heteroatoms. The SMILES string of the molecule is O=C(CSc1nncs1)N[C@H]1CCCCc2ccccc21. The maximum atomic E-state index is 12.2. The molecule has 4 nitrogen and oxygen atoms in total. The van der Waals surface area contributed by atoms with Gasteiger partial charge in [-0.15, -0.1) is 10.2 Å². The molecule has 0 unspecified atom stereocenters. The summed E-state index contributed by atoms with van der Waals surface area (Å²) in [7, 11) is 0. The smallest absolute Gasteiger partial charge is 0.230 e. The van der Waals surface area contributed by atoms with Crippen molar-refractivity contribution in [2.24, 2.45) is 0 Å². The van der Waals surface area contributed by atoms with Gasteiger partial charge >= 0.3 is 0 Å². The lowest BCUT2D eigenvalue weighted by Gasteiger charge is -2.19. The van der Waals surface area contributed by atoms with Crippen LogP contribution in [0, 0.1) is 0 Å². The summed E-state index contributed by atoms with van der Waals surface area (Å²) in [6.07, 6.45) is 4.49. The molecule has 1 aliphatic rings. The number of aromatic nitrogens is 2. The maximum Gasteiger partial charge on any atom is 0.230 e. The van der Waals surface area contributed by atoms with E-state index in [0.29, 0.717) is 5.75 Å². The second-order valence-corrected chi connectivity index (χ2v) is 7.11. The van der Waals surface area contributed by atoms with E-state index in [9.17, 15) is 4.79 Å². The molecule has 0 saturated carbocycles. The zero-order valence-electron chi connectivity index (χ0n) is 11.6. The monoisotopic (exact) mass is 319 g/mol. The Balaban J connectivity index is 1.62. The summed E-state index contributed by atoms with van der Waals surface area (Å²) in [5.74, 6) is 0.463. The Bertz CT molecular complexity index is 601. The topological polar surface area (TPSA) is 54.9 Å². The number of nitrogens with zero attached hydrogens (tertiary/aromatic N) is 2. The zero-order chi connectivity index (χ0) is 14.5. The second kappa shape index (κ2) is 7.04. The highest BCUT2D eigenvalue weighted by atomic mass is 32.2. The molecule has 2 aromatic rings. The molecule has 1 amide bonds. The van der Waals surface area contributed by atoms with Crippen LogP contribution in [-0.4, -0.2) is 21.9 Å². The van der Waals surface area contributed by atoms with E-state index in [1.165, 1.54) is 40.6 Å². The molecule has 0 spiro atoms. The molecular formula is C15H17N3OS2. The third-order valence-electron chi connectivity index (χ3n) is 3.62. The Labute approximate surface area is 132 Å². The van der Waals surface area contributed by atoms with Crippen molar-refractivity contribution in [3.63, 3.8) is 0 Å². The number of amides is 1. The first-order chi connectivity index (χ1) is 10.3. The van der Waals surface area contributed by atoms with Gasteiger partial charge in [-0.1, -0.05) is 53.8 Å². The molecule has 1 aliphatic carbocycles. The van der Waals surface area contributed by atoms with E-state index in [-0.39, 0.29) is 11.9 Å². The lowest BCUT2D eigenvalue weighted by molar-refractivity contribution is -0.119. The van der Waals surface area contributed by atoms with Gasteiger partial charge in [-0.2, -0.15) is 0 Å². The fourth-order valence-electron chi connectivity index (χ4n) is 2.66. The van der Waals surface area contributed by atoms with Gasteiger partial charge < -0.3 is 5.32 Å². The fourth-order valence-corrected chi connectivity index (χ4v) is 3.96. The van der Waals surface area contributed by atoms with E-state index in [2.05, 4.69) is 39.8 Å². The van der Waals surface area contributed by atoms with Crippen LogP contribution in [0.25, 0.3) is 0 Å². The third kappa shape index (κ3) is 3.83. The maximum absolute atomic E-state index is 12.2. The predicted octanol–water partition coefficient (Wildman–Crippen LogP) is 3.21. The van der Waals surface area contributed by atoms with Crippen molar-refractivity contribution in [1.29, 1.82) is 0 Å². The molecule has 1 atom stereocenters. The van der Waals surface area contributed by atoms with Crippen molar-refractivity contribution in [2.75, 3.05) is 5.75 Å². The van der Waals surface area contributed by atoms with Crippen LogP contribution in [0.1, 0.15) is 36.4 Å². The molecule has 0 saturated heterocycles. The second-order valence-electron chi connectivity index (χ2n) is 5.06. The highest BCUT2D eigenvalue weighted by Gasteiger charge is 2.20. The van der Waals surface area contributed by atoms with Gasteiger partial charge in [-0.05, 0) is 30.4 Å². The largest absolute Gasteiger partial charge is 0.349 e. The summed E-state index contributed by atoms with van der Waals surface area (Å²) in [5.41, 5.74) is 4.34. The van der Waals surface area contributed by atoms with Crippen molar-refractivity contribution in [3.8, 4) is 0 Å². The molecular weight excluding hydrogens is 302 g/mol. The van der Waals surface area contributed by atoms with Gasteiger partial charge in [0.15, 0.2) is 4.34 Å². The van der Waals surface area contributed by atoms with E-state index in [4.69, 9.17) is 0 Å². The number of carbonyl (C=O) groups excluding carboxylic acids is 1. The summed E-state index contributed by atoms with van der Waals surface area (Å²) < 4.78 is 0.839. The average Bonchev–Trinajstić information content (AvgIpc) is 2.94. The summed E-state index contributed by atoms with van der Waals surface area (Å²) in [4.78, 5) is 12.2. The standard InChI is InChI=1S/C15H17N3OS2/c19-14(9-20-15-18-16-10-21-15)17-13-8-4-2-6-11-5-1-3-7-12(11)13/h1,3,5,7,10,13H,2,4,6,8-9H2,(H,17,19)/t13-/m0/s1. The van der Waals surface area contributed by atoms with Crippen LogP contribution >= 0.6 is 23.1 Å². The van der Waals surface area contributed by atoms with E-state index in [0.717, 1.165) is 23.6 Å². The first kappa shape index (κ1) is 14.5. The molecule has 1 N–H and O–H groups in total. The Morgan fingerprint density at radius 1 is 1.38 bits per heavy atom. The minimum absolute atomic E-state index is 0.0666. The molecule has 3 rings (SSSR count). The first-order valence-electron chi connectivity index (χ1n) is 7.09. The molecule has 0 radical (unpaired) electrons. The first-order valence-corrected chi connectivity index (χ1v) is 8.95. The average molecular weight is 319 g/mol. The Kier molecular flexibility index (Phi) is 4.87. The molecule has 0 fully saturated rings. The highest BCUT2D eigenvalue weighted by molar-refractivity contribution is 8.01. The van der Waals surface area contributed by atoms with Gasteiger partial charge in [-0.25, -0.2) is 0 Å². The Morgan fingerprint density at radius 3 is 3.14 bits per heavy atom. The summed E-state index contributed by atoms with van der Waals surface area (Å²) in [6, 6.07) is 8.60. The number of hydrogen-bond acceptors (Lipinski definition) is 5. The van der Waals surface area contributed by atoms with Crippen LogP contribution in [0.5, 0.6) is 0 Å². The molecule has 110 valence electrons. The van der Waals surface area contributed by atoms with Crippen molar-refractivity contribution in [2.45, 2.75) is 36.1 Å². The number of rotatable bonds is 4. The van der Waals surface area contributed by atoms with Crippen LogP contribution in [-0.2, 0) is 11.2 Å². The minimum atomic E-state index is 0.0666. The van der Waals surface area contributed by atoms with Gasteiger partial charge in [0.25, 0.3) is 0 Å². The molecule has 1 heterocycles. The minimum Gasteiger partial charge on any atom is -0.349 e. The van der Waals surface area contributed by atoms with Crippen LogP contribution in [0.15, 0.2) is 34.1 Å². The van der Waals surface area contributed by atoms with Crippen molar-refractivity contribution in [1.82, 2.24) is 15.5 Å². The van der Waals surface area contributed by atoms with Crippen LogP contribution in [0.3, 0.4) is 0 Å². The number of thioether (sulfide) groups is 1. The van der Waals surface area contributed by atoms with Crippen LogP contribution in [0.2, 0.25) is 0 Å². The highest BCUT2D eigenvalue weighted by Crippen LogP contribution is 2.28.